The van der Waals surface area contributed by atoms with Crippen molar-refractivity contribution in [2.45, 2.75) is 26.4 Å². The number of benzene rings is 2. The molecule has 0 heterocycles. The number of rotatable bonds is 6. The number of anilines is 2. The molecule has 2 N–H and O–H groups in total. The Morgan fingerprint density at radius 2 is 1.91 bits per heavy atom. The van der Waals surface area contributed by atoms with Gasteiger partial charge in [0.1, 0.15) is 5.75 Å². The first-order valence-electron chi connectivity index (χ1n) is 7.29. The second kappa shape index (κ2) is 8.12. The summed E-state index contributed by atoms with van der Waals surface area (Å²) in [5, 5.41) is 5.36. The third-order valence-corrected chi connectivity index (χ3v) is 3.10. The SMILES string of the molecule is CCCc1ccccc1NC(=O)Nc1cccc(OC(F)F)c1. The molecule has 0 saturated carbocycles. The average Bonchev–Trinajstić information content (AvgIpc) is 2.49. The first-order valence-corrected chi connectivity index (χ1v) is 7.29. The largest absolute Gasteiger partial charge is 0.435 e. The van der Waals surface area contributed by atoms with Gasteiger partial charge < -0.3 is 15.4 Å². The van der Waals surface area contributed by atoms with E-state index in [-0.39, 0.29) is 5.75 Å². The molecular formula is C17H18F2N2O2. The summed E-state index contributed by atoms with van der Waals surface area (Å²) in [6.07, 6.45) is 1.82. The van der Waals surface area contributed by atoms with Crippen molar-refractivity contribution in [2.24, 2.45) is 0 Å². The summed E-state index contributed by atoms with van der Waals surface area (Å²) in [6.45, 7) is -0.842. The molecule has 0 aliphatic rings. The Bertz CT molecular complexity index is 663. The van der Waals surface area contributed by atoms with Crippen molar-refractivity contribution < 1.29 is 18.3 Å². The quantitative estimate of drug-likeness (QED) is 0.796. The molecule has 0 aliphatic carbocycles. The fraction of sp³-hybridized carbons (Fsp3) is 0.235. The highest BCUT2D eigenvalue weighted by Crippen LogP contribution is 2.20. The smallest absolute Gasteiger partial charge is 0.387 e. The van der Waals surface area contributed by atoms with Crippen LogP contribution in [0.5, 0.6) is 5.75 Å². The first-order chi connectivity index (χ1) is 11.1. The number of para-hydroxylation sites is 1. The van der Waals surface area contributed by atoms with Crippen LogP contribution in [0, 0.1) is 0 Å². The molecule has 0 bridgehead atoms. The van der Waals surface area contributed by atoms with Gasteiger partial charge in [-0.25, -0.2) is 4.79 Å². The monoisotopic (exact) mass is 320 g/mol. The summed E-state index contributed by atoms with van der Waals surface area (Å²) in [7, 11) is 0. The fourth-order valence-corrected chi connectivity index (χ4v) is 2.16. The Balaban J connectivity index is 2.02. The number of aryl methyl sites for hydroxylation is 1. The number of carbonyl (C=O) groups excluding carboxylic acids is 1. The minimum atomic E-state index is -2.90. The maximum absolute atomic E-state index is 12.2. The van der Waals surface area contributed by atoms with Crippen LogP contribution in [0.15, 0.2) is 48.5 Å². The van der Waals surface area contributed by atoms with Crippen molar-refractivity contribution >= 4 is 17.4 Å². The summed E-state index contributed by atoms with van der Waals surface area (Å²) < 4.78 is 28.7. The normalized spacial score (nSPS) is 10.4. The van der Waals surface area contributed by atoms with Gasteiger partial charge in [-0.3, -0.25) is 0 Å². The van der Waals surface area contributed by atoms with Crippen LogP contribution in [-0.2, 0) is 6.42 Å². The van der Waals surface area contributed by atoms with Gasteiger partial charge in [0, 0.05) is 17.4 Å². The number of nitrogens with one attached hydrogen (secondary N) is 2. The van der Waals surface area contributed by atoms with Crippen LogP contribution in [0.4, 0.5) is 25.0 Å². The van der Waals surface area contributed by atoms with E-state index < -0.39 is 12.6 Å². The lowest BCUT2D eigenvalue weighted by molar-refractivity contribution is -0.0497. The van der Waals surface area contributed by atoms with E-state index in [0.29, 0.717) is 5.69 Å². The first kappa shape index (κ1) is 16.7. The van der Waals surface area contributed by atoms with Gasteiger partial charge in [0.25, 0.3) is 0 Å². The third kappa shape index (κ3) is 5.25. The molecule has 0 spiro atoms. The zero-order valence-electron chi connectivity index (χ0n) is 12.7. The van der Waals surface area contributed by atoms with Crippen molar-refractivity contribution in [3.8, 4) is 5.75 Å². The van der Waals surface area contributed by atoms with E-state index in [0.717, 1.165) is 24.1 Å². The van der Waals surface area contributed by atoms with Gasteiger partial charge in [0.2, 0.25) is 0 Å². The molecule has 4 nitrogen and oxygen atoms in total. The van der Waals surface area contributed by atoms with Crippen LogP contribution in [0.1, 0.15) is 18.9 Å². The van der Waals surface area contributed by atoms with Gasteiger partial charge in [0.15, 0.2) is 0 Å². The minimum Gasteiger partial charge on any atom is -0.435 e. The number of amides is 2. The van der Waals surface area contributed by atoms with E-state index in [2.05, 4.69) is 22.3 Å². The Labute approximate surface area is 133 Å². The number of ether oxygens (including phenoxy) is 1. The van der Waals surface area contributed by atoms with Crippen molar-refractivity contribution in [2.75, 3.05) is 10.6 Å². The second-order valence-corrected chi connectivity index (χ2v) is 4.89. The number of urea groups is 1. The zero-order valence-corrected chi connectivity index (χ0v) is 12.7. The van der Waals surface area contributed by atoms with E-state index in [9.17, 15) is 13.6 Å². The number of carbonyl (C=O) groups is 1. The molecule has 2 amide bonds. The van der Waals surface area contributed by atoms with E-state index in [1.54, 1.807) is 6.07 Å². The van der Waals surface area contributed by atoms with Gasteiger partial charge in [-0.15, -0.1) is 0 Å². The Hall–Kier alpha value is -2.63. The molecule has 0 aromatic heterocycles. The average molecular weight is 320 g/mol. The third-order valence-electron chi connectivity index (χ3n) is 3.10. The fourth-order valence-electron chi connectivity index (χ4n) is 2.16. The highest BCUT2D eigenvalue weighted by atomic mass is 19.3. The molecule has 6 heteroatoms. The molecule has 0 atom stereocenters. The van der Waals surface area contributed by atoms with Crippen LogP contribution in [-0.4, -0.2) is 12.6 Å². The predicted molar refractivity (Wildman–Crippen MR) is 86.2 cm³/mol. The van der Waals surface area contributed by atoms with E-state index in [1.807, 2.05) is 24.3 Å². The molecule has 0 saturated heterocycles. The maximum atomic E-state index is 12.2. The Morgan fingerprint density at radius 3 is 2.65 bits per heavy atom. The van der Waals surface area contributed by atoms with Crippen molar-refractivity contribution in [1.82, 2.24) is 0 Å². The van der Waals surface area contributed by atoms with E-state index >= 15 is 0 Å². The lowest BCUT2D eigenvalue weighted by Gasteiger charge is -2.12. The lowest BCUT2D eigenvalue weighted by atomic mass is 10.1. The maximum Gasteiger partial charge on any atom is 0.387 e. The van der Waals surface area contributed by atoms with Crippen LogP contribution < -0.4 is 15.4 Å². The Kier molecular flexibility index (Phi) is 5.91. The Morgan fingerprint density at radius 1 is 1.13 bits per heavy atom. The number of hydrogen-bond acceptors (Lipinski definition) is 2. The van der Waals surface area contributed by atoms with Gasteiger partial charge in [-0.05, 0) is 30.2 Å². The van der Waals surface area contributed by atoms with Crippen molar-refractivity contribution in [3.63, 3.8) is 0 Å². The van der Waals surface area contributed by atoms with Crippen molar-refractivity contribution in [1.29, 1.82) is 0 Å². The molecule has 2 rings (SSSR count). The second-order valence-electron chi connectivity index (χ2n) is 4.89. The van der Waals surface area contributed by atoms with Crippen LogP contribution >= 0.6 is 0 Å². The highest BCUT2D eigenvalue weighted by Gasteiger charge is 2.08. The standard InChI is InChI=1S/C17H18F2N2O2/c1-2-6-12-7-3-4-10-15(12)21-17(22)20-13-8-5-9-14(11-13)23-16(18)19/h3-5,7-11,16H,2,6H2,1H3,(H2,20,21,22). The van der Waals surface area contributed by atoms with Gasteiger partial charge >= 0.3 is 12.6 Å². The number of hydrogen-bond donors (Lipinski definition) is 2. The summed E-state index contributed by atoms with van der Waals surface area (Å²) in [4.78, 5) is 12.1. The number of alkyl halides is 2. The van der Waals surface area contributed by atoms with Gasteiger partial charge in [-0.2, -0.15) is 8.78 Å². The summed E-state index contributed by atoms with van der Waals surface area (Å²) in [5.74, 6) is -0.0100. The molecule has 0 aliphatic heterocycles. The topological polar surface area (TPSA) is 50.4 Å². The predicted octanol–water partition coefficient (Wildman–Crippen LogP) is 4.88. The van der Waals surface area contributed by atoms with E-state index in [1.165, 1.54) is 18.2 Å². The lowest BCUT2D eigenvalue weighted by Crippen LogP contribution is -2.20. The zero-order chi connectivity index (χ0) is 16.7. The molecule has 0 radical (unpaired) electrons. The molecule has 0 unspecified atom stereocenters. The van der Waals surface area contributed by atoms with E-state index in [4.69, 9.17) is 0 Å². The summed E-state index contributed by atoms with van der Waals surface area (Å²) >= 11 is 0. The van der Waals surface area contributed by atoms with Gasteiger partial charge in [0.05, 0.1) is 0 Å². The molecule has 2 aromatic carbocycles. The number of halogens is 2. The summed E-state index contributed by atoms with van der Waals surface area (Å²) in [5.41, 5.74) is 2.14. The van der Waals surface area contributed by atoms with Crippen molar-refractivity contribution in [3.05, 3.63) is 54.1 Å². The minimum absolute atomic E-state index is 0.0100. The highest BCUT2D eigenvalue weighted by molar-refractivity contribution is 6.00. The molecule has 0 fully saturated rings. The molecule has 2 aromatic rings. The molecule has 122 valence electrons. The molecule has 23 heavy (non-hydrogen) atoms. The van der Waals surface area contributed by atoms with Crippen LogP contribution in [0.3, 0.4) is 0 Å². The van der Waals surface area contributed by atoms with Gasteiger partial charge in [-0.1, -0.05) is 37.6 Å². The summed E-state index contributed by atoms with van der Waals surface area (Å²) in [6, 6.07) is 12.9. The van der Waals surface area contributed by atoms with Crippen LogP contribution in [0.25, 0.3) is 0 Å². The van der Waals surface area contributed by atoms with Crippen LogP contribution in [0.2, 0.25) is 0 Å². The molecular weight excluding hydrogens is 302 g/mol.